The highest BCUT2D eigenvalue weighted by molar-refractivity contribution is 7.59. The number of benzene rings is 3. The number of aryl methyl sites for hydroxylation is 1. The quantitative estimate of drug-likeness (QED) is 0.397. The molecule has 1 aliphatic heterocycles. The summed E-state index contributed by atoms with van der Waals surface area (Å²) in [6.07, 6.45) is 0. The van der Waals surface area contributed by atoms with Gasteiger partial charge in [0.2, 0.25) is 5.91 Å². The molecule has 1 aliphatic rings. The maximum atomic E-state index is 13.6. The van der Waals surface area contributed by atoms with Gasteiger partial charge in [-0.2, -0.15) is 13.5 Å². The smallest absolute Gasteiger partial charge is 0.244 e. The summed E-state index contributed by atoms with van der Waals surface area (Å²) in [7, 11) is 0. The number of carbonyl (C=O) groups excluding carboxylic acids is 1. The van der Waals surface area contributed by atoms with Crippen LogP contribution in [-0.4, -0.2) is 26.9 Å². The summed E-state index contributed by atoms with van der Waals surface area (Å²) in [5, 5.41) is 3.46. The number of carbonyl (C=O) groups is 1. The molecule has 0 fully saturated rings. The summed E-state index contributed by atoms with van der Waals surface area (Å²) in [4.78, 5) is 19.6. The summed E-state index contributed by atoms with van der Waals surface area (Å²) < 4.78 is 28.9. The summed E-state index contributed by atoms with van der Waals surface area (Å²) >= 11 is 0. The molecule has 0 radical (unpaired) electrons. The third kappa shape index (κ3) is 5.12. The fourth-order valence-corrected chi connectivity index (χ4v) is 4.24. The van der Waals surface area contributed by atoms with Crippen LogP contribution in [0.4, 0.5) is 20.3 Å². The maximum Gasteiger partial charge on any atom is 0.244 e. The first-order valence-corrected chi connectivity index (χ1v) is 11.4. The molecule has 1 atom stereocenters. The highest BCUT2D eigenvalue weighted by Crippen LogP contribution is 2.34. The molecule has 36 heavy (non-hydrogen) atoms. The SMILES string of the molecule is Cc1ccc(Nc2c(-c3ccc(F)cc3)nc3n2CCN(C(=O)[C@@H](N)c2ccc(F)cc2)C3)cc1.S. The first kappa shape index (κ1) is 25.4. The molecule has 0 aliphatic carbocycles. The fourth-order valence-electron chi connectivity index (χ4n) is 4.24. The van der Waals surface area contributed by atoms with E-state index in [1.54, 1.807) is 17.0 Å². The van der Waals surface area contributed by atoms with Crippen molar-refractivity contribution >= 4 is 30.9 Å². The van der Waals surface area contributed by atoms with Crippen molar-refractivity contribution in [3.63, 3.8) is 0 Å². The Balaban J connectivity index is 0.00000304. The molecule has 2 heterocycles. The molecule has 0 saturated carbocycles. The van der Waals surface area contributed by atoms with Crippen molar-refractivity contribution in [3.8, 4) is 11.3 Å². The Hall–Kier alpha value is -3.69. The van der Waals surface area contributed by atoms with Crippen LogP contribution in [0.1, 0.15) is 23.0 Å². The summed E-state index contributed by atoms with van der Waals surface area (Å²) in [5.41, 5.74) is 10.3. The number of aromatic nitrogens is 2. The number of imidazole rings is 1. The molecule has 6 nitrogen and oxygen atoms in total. The molecular weight excluding hydrogens is 480 g/mol. The maximum absolute atomic E-state index is 13.6. The number of nitrogens with zero attached hydrogens (tertiary/aromatic N) is 3. The number of fused-ring (bicyclic) bond motifs is 1. The molecule has 1 amide bonds. The Labute approximate surface area is 215 Å². The van der Waals surface area contributed by atoms with E-state index >= 15 is 0 Å². The Bertz CT molecular complexity index is 1350. The van der Waals surface area contributed by atoms with E-state index in [0.29, 0.717) is 30.2 Å². The minimum Gasteiger partial charge on any atom is -0.340 e. The fraction of sp³-hybridized carbons (Fsp3) is 0.185. The summed E-state index contributed by atoms with van der Waals surface area (Å²) in [6, 6.07) is 19.0. The molecule has 0 unspecified atom stereocenters. The van der Waals surface area contributed by atoms with E-state index in [1.807, 2.05) is 35.8 Å². The van der Waals surface area contributed by atoms with Crippen molar-refractivity contribution in [2.24, 2.45) is 5.73 Å². The second-order valence-electron chi connectivity index (χ2n) is 8.66. The Morgan fingerprint density at radius 3 is 2.19 bits per heavy atom. The first-order chi connectivity index (χ1) is 16.9. The Kier molecular flexibility index (Phi) is 7.42. The monoisotopic (exact) mass is 507 g/mol. The zero-order chi connectivity index (χ0) is 24.5. The molecule has 0 spiro atoms. The number of rotatable bonds is 5. The minimum atomic E-state index is -0.890. The molecule has 1 aromatic heterocycles. The van der Waals surface area contributed by atoms with Crippen molar-refractivity contribution in [3.05, 3.63) is 101 Å². The van der Waals surface area contributed by atoms with Gasteiger partial charge in [0, 0.05) is 24.3 Å². The van der Waals surface area contributed by atoms with E-state index in [9.17, 15) is 13.6 Å². The third-order valence-corrected chi connectivity index (χ3v) is 6.21. The molecule has 186 valence electrons. The van der Waals surface area contributed by atoms with Gasteiger partial charge in [-0.25, -0.2) is 13.8 Å². The zero-order valence-electron chi connectivity index (χ0n) is 19.7. The van der Waals surface area contributed by atoms with E-state index in [4.69, 9.17) is 10.7 Å². The van der Waals surface area contributed by atoms with Gasteiger partial charge < -0.3 is 20.5 Å². The predicted molar refractivity (Wildman–Crippen MR) is 141 cm³/mol. The normalized spacial score (nSPS) is 13.5. The number of anilines is 2. The molecule has 3 N–H and O–H groups in total. The van der Waals surface area contributed by atoms with E-state index in [0.717, 1.165) is 22.6 Å². The third-order valence-electron chi connectivity index (χ3n) is 6.21. The van der Waals surface area contributed by atoms with Crippen LogP contribution in [0, 0.1) is 18.6 Å². The lowest BCUT2D eigenvalue weighted by Crippen LogP contribution is -2.43. The molecule has 9 heteroatoms. The summed E-state index contributed by atoms with van der Waals surface area (Å²) in [6.45, 7) is 3.26. The van der Waals surface area contributed by atoms with Crippen LogP contribution < -0.4 is 11.1 Å². The lowest BCUT2D eigenvalue weighted by Gasteiger charge is -2.30. The van der Waals surface area contributed by atoms with Crippen LogP contribution in [0.2, 0.25) is 0 Å². The number of nitrogens with one attached hydrogen (secondary N) is 1. The highest BCUT2D eigenvalue weighted by atomic mass is 32.1. The number of halogens is 2. The average Bonchev–Trinajstić information content (AvgIpc) is 3.23. The largest absolute Gasteiger partial charge is 0.340 e. The van der Waals surface area contributed by atoms with Crippen LogP contribution in [0.25, 0.3) is 11.3 Å². The lowest BCUT2D eigenvalue weighted by molar-refractivity contribution is -0.134. The van der Waals surface area contributed by atoms with Crippen molar-refractivity contribution < 1.29 is 13.6 Å². The van der Waals surface area contributed by atoms with E-state index < -0.39 is 6.04 Å². The Morgan fingerprint density at radius 2 is 1.56 bits per heavy atom. The van der Waals surface area contributed by atoms with Gasteiger partial charge in [0.25, 0.3) is 0 Å². The van der Waals surface area contributed by atoms with Gasteiger partial charge in [-0.05, 0) is 61.0 Å². The average molecular weight is 508 g/mol. The molecular formula is C27H27F2N5OS. The van der Waals surface area contributed by atoms with Crippen LogP contribution in [0.5, 0.6) is 0 Å². The molecule has 0 bridgehead atoms. The number of nitrogens with two attached hydrogens (primary N) is 1. The van der Waals surface area contributed by atoms with Crippen LogP contribution in [-0.2, 0) is 17.9 Å². The lowest BCUT2D eigenvalue weighted by atomic mass is 10.1. The van der Waals surface area contributed by atoms with Gasteiger partial charge in [-0.3, -0.25) is 4.79 Å². The first-order valence-electron chi connectivity index (χ1n) is 11.4. The predicted octanol–water partition coefficient (Wildman–Crippen LogP) is 5.04. The van der Waals surface area contributed by atoms with Gasteiger partial charge in [-0.15, -0.1) is 0 Å². The second-order valence-corrected chi connectivity index (χ2v) is 8.66. The molecule has 4 aromatic rings. The zero-order valence-corrected chi connectivity index (χ0v) is 20.7. The van der Waals surface area contributed by atoms with Gasteiger partial charge in [0.15, 0.2) is 0 Å². The van der Waals surface area contributed by atoms with Gasteiger partial charge in [0.05, 0.1) is 6.54 Å². The Morgan fingerprint density at radius 1 is 0.944 bits per heavy atom. The highest BCUT2D eigenvalue weighted by Gasteiger charge is 2.30. The van der Waals surface area contributed by atoms with Crippen molar-refractivity contribution in [1.29, 1.82) is 0 Å². The summed E-state index contributed by atoms with van der Waals surface area (Å²) in [5.74, 6) is 0.533. The van der Waals surface area contributed by atoms with E-state index in [-0.39, 0.29) is 37.6 Å². The van der Waals surface area contributed by atoms with Crippen molar-refractivity contribution in [2.75, 3.05) is 11.9 Å². The van der Waals surface area contributed by atoms with Gasteiger partial charge >= 0.3 is 0 Å². The molecule has 3 aromatic carbocycles. The molecule has 0 saturated heterocycles. The van der Waals surface area contributed by atoms with Crippen LogP contribution in [0.15, 0.2) is 72.8 Å². The van der Waals surface area contributed by atoms with Crippen molar-refractivity contribution in [2.45, 2.75) is 26.1 Å². The van der Waals surface area contributed by atoms with Gasteiger partial charge in [0.1, 0.15) is 35.0 Å². The van der Waals surface area contributed by atoms with Crippen LogP contribution >= 0.6 is 13.5 Å². The number of hydrogen-bond donors (Lipinski definition) is 2. The topological polar surface area (TPSA) is 76.2 Å². The standard InChI is InChI=1S/C27H25F2N5O.H2S/c1-17-2-12-22(13-3-17)31-26-25(19-6-10-21(29)11-7-19)32-23-16-33(14-15-34(23)26)27(35)24(30)18-4-8-20(28)9-5-18;/h2-13,24,31H,14-16,30H2,1H3;1H2/t24-;/m0./s1. The minimum absolute atomic E-state index is 0. The number of hydrogen-bond acceptors (Lipinski definition) is 4. The van der Waals surface area contributed by atoms with Gasteiger partial charge in [-0.1, -0.05) is 29.8 Å². The number of amides is 1. The van der Waals surface area contributed by atoms with Crippen LogP contribution in [0.3, 0.4) is 0 Å². The second kappa shape index (κ2) is 10.5. The van der Waals surface area contributed by atoms with E-state index in [2.05, 4.69) is 5.32 Å². The van der Waals surface area contributed by atoms with Crippen molar-refractivity contribution in [1.82, 2.24) is 14.5 Å². The molecule has 5 rings (SSSR count). The van der Waals surface area contributed by atoms with E-state index in [1.165, 1.54) is 36.4 Å².